The summed E-state index contributed by atoms with van der Waals surface area (Å²) in [5, 5.41) is 9.34. The molecule has 0 spiro atoms. The Kier molecular flexibility index (Phi) is 8.83. The van der Waals surface area contributed by atoms with E-state index < -0.39 is 17.7 Å². The summed E-state index contributed by atoms with van der Waals surface area (Å²) >= 11 is 2.26. The van der Waals surface area contributed by atoms with Crippen LogP contribution >= 0.6 is 22.6 Å². The number of hydrogen-bond acceptors (Lipinski definition) is 2. The molecule has 0 saturated carbocycles. The van der Waals surface area contributed by atoms with Crippen molar-refractivity contribution in [3.05, 3.63) is 68.8 Å². The van der Waals surface area contributed by atoms with Crippen LogP contribution < -0.4 is 0 Å². The summed E-state index contributed by atoms with van der Waals surface area (Å²) in [5.41, 5.74) is 1.38. The number of benzene rings is 2. The van der Waals surface area contributed by atoms with Gasteiger partial charge in [0.05, 0.1) is 5.56 Å². The molecule has 0 aromatic heterocycles. The van der Waals surface area contributed by atoms with Crippen molar-refractivity contribution in [3.63, 3.8) is 0 Å². The highest BCUT2D eigenvalue weighted by molar-refractivity contribution is 14.1. The number of likely N-dealkylation sites (tertiary alicyclic amines) is 1. The van der Waals surface area contributed by atoms with Crippen LogP contribution in [0.1, 0.15) is 74.7 Å². The molecule has 0 radical (unpaired) electrons. The molecule has 2 aromatic rings. The molecule has 1 fully saturated rings. The lowest BCUT2D eigenvalue weighted by Crippen LogP contribution is -2.40. The molecule has 2 aromatic carbocycles. The first-order valence-corrected chi connectivity index (χ1v) is 12.5. The third-order valence-electron chi connectivity index (χ3n) is 6.51. The molecule has 0 bridgehead atoms. The number of halogens is 4. The van der Waals surface area contributed by atoms with Crippen LogP contribution in [0.2, 0.25) is 0 Å². The summed E-state index contributed by atoms with van der Waals surface area (Å²) in [7, 11) is 0. The lowest BCUT2D eigenvalue weighted by Gasteiger charge is -2.44. The first-order chi connectivity index (χ1) is 15.5. The van der Waals surface area contributed by atoms with E-state index in [4.69, 9.17) is 0 Å². The van der Waals surface area contributed by atoms with E-state index in [1.165, 1.54) is 12.1 Å². The molecule has 3 atom stereocenters. The van der Waals surface area contributed by atoms with Crippen molar-refractivity contribution in [2.45, 2.75) is 64.2 Å². The third kappa shape index (κ3) is 7.18. The van der Waals surface area contributed by atoms with Gasteiger partial charge in [-0.2, -0.15) is 13.2 Å². The summed E-state index contributed by atoms with van der Waals surface area (Å²) in [6.07, 6.45) is -0.915. The van der Waals surface area contributed by atoms with Gasteiger partial charge in [0.15, 0.2) is 0 Å². The van der Waals surface area contributed by atoms with Gasteiger partial charge in [-0.05, 0) is 102 Å². The number of alkyl halides is 3. The van der Waals surface area contributed by atoms with Crippen molar-refractivity contribution in [1.82, 2.24) is 4.90 Å². The number of carboxylic acids is 1. The van der Waals surface area contributed by atoms with E-state index in [-0.39, 0.29) is 24.4 Å². The standard InChI is InChI=1S/C26H31F3INO2/c1-17(2)3-12-23(19-4-8-21(9-5-19)26(27,28)29)31-14-13-18(16-25(32)33)15-24(31)20-6-10-22(30)11-7-20/h4-11,17-18,23-24H,3,12-16H2,1-2H3,(H,32,33). The fourth-order valence-electron chi connectivity index (χ4n) is 4.78. The fourth-order valence-corrected chi connectivity index (χ4v) is 5.14. The monoisotopic (exact) mass is 573 g/mol. The van der Waals surface area contributed by atoms with E-state index in [0.717, 1.165) is 46.9 Å². The van der Waals surface area contributed by atoms with Crippen LogP contribution in [0.15, 0.2) is 48.5 Å². The van der Waals surface area contributed by atoms with Crippen LogP contribution in [-0.4, -0.2) is 22.5 Å². The zero-order valence-corrected chi connectivity index (χ0v) is 21.1. The number of hydrogen-bond donors (Lipinski definition) is 1. The summed E-state index contributed by atoms with van der Waals surface area (Å²) in [6.45, 7) is 5.03. The number of piperidine rings is 1. The quantitative estimate of drug-likeness (QED) is 0.329. The second-order valence-electron chi connectivity index (χ2n) is 9.40. The lowest BCUT2D eigenvalue weighted by atomic mass is 9.82. The third-order valence-corrected chi connectivity index (χ3v) is 7.23. The van der Waals surface area contributed by atoms with Crippen molar-refractivity contribution in [2.75, 3.05) is 6.54 Å². The maximum atomic E-state index is 13.1. The maximum Gasteiger partial charge on any atom is 0.416 e. The summed E-state index contributed by atoms with van der Waals surface area (Å²) in [6, 6.07) is 13.9. The highest BCUT2D eigenvalue weighted by Gasteiger charge is 2.36. The van der Waals surface area contributed by atoms with Gasteiger partial charge in [0.25, 0.3) is 0 Å². The van der Waals surface area contributed by atoms with Crippen molar-refractivity contribution in [3.8, 4) is 0 Å². The van der Waals surface area contributed by atoms with Gasteiger partial charge in [0.2, 0.25) is 0 Å². The van der Waals surface area contributed by atoms with Crippen molar-refractivity contribution < 1.29 is 23.1 Å². The molecule has 1 saturated heterocycles. The van der Waals surface area contributed by atoms with Gasteiger partial charge < -0.3 is 5.11 Å². The van der Waals surface area contributed by atoms with Gasteiger partial charge in [0, 0.05) is 22.1 Å². The Morgan fingerprint density at radius 2 is 1.73 bits per heavy atom. The number of aliphatic carboxylic acids is 1. The average molecular weight is 573 g/mol. The topological polar surface area (TPSA) is 40.5 Å². The van der Waals surface area contributed by atoms with Crippen molar-refractivity contribution in [2.24, 2.45) is 11.8 Å². The summed E-state index contributed by atoms with van der Waals surface area (Å²) in [4.78, 5) is 13.8. The second kappa shape index (κ2) is 11.2. The summed E-state index contributed by atoms with van der Waals surface area (Å²) < 4.78 is 40.5. The highest BCUT2D eigenvalue weighted by Crippen LogP contribution is 2.43. The number of carboxylic acid groups (broad SMARTS) is 1. The fraction of sp³-hybridized carbons (Fsp3) is 0.500. The van der Waals surface area contributed by atoms with E-state index in [1.54, 1.807) is 12.1 Å². The Bertz CT molecular complexity index is 913. The van der Waals surface area contributed by atoms with Crippen LogP contribution in [0.4, 0.5) is 13.2 Å². The zero-order valence-electron chi connectivity index (χ0n) is 19.0. The minimum atomic E-state index is -4.36. The molecule has 3 unspecified atom stereocenters. The number of nitrogens with zero attached hydrogens (tertiary/aromatic N) is 1. The molecule has 33 heavy (non-hydrogen) atoms. The summed E-state index contributed by atoms with van der Waals surface area (Å²) in [5.74, 6) is -0.224. The lowest BCUT2D eigenvalue weighted by molar-refractivity contribution is -0.139. The van der Waals surface area contributed by atoms with E-state index in [1.807, 2.05) is 0 Å². The Balaban J connectivity index is 1.96. The second-order valence-corrected chi connectivity index (χ2v) is 10.6. The largest absolute Gasteiger partial charge is 0.481 e. The van der Waals surface area contributed by atoms with Crippen LogP contribution in [0.25, 0.3) is 0 Å². The molecule has 1 N–H and O–H groups in total. The molecule has 0 aliphatic carbocycles. The van der Waals surface area contributed by atoms with Crippen molar-refractivity contribution in [1.29, 1.82) is 0 Å². The first-order valence-electron chi connectivity index (χ1n) is 11.4. The molecule has 3 nitrogen and oxygen atoms in total. The molecule has 180 valence electrons. The van der Waals surface area contributed by atoms with E-state index >= 15 is 0 Å². The molecular weight excluding hydrogens is 542 g/mol. The molecule has 3 rings (SSSR count). The minimum Gasteiger partial charge on any atom is -0.481 e. The highest BCUT2D eigenvalue weighted by atomic mass is 127. The van der Waals surface area contributed by atoms with Crippen molar-refractivity contribution >= 4 is 28.6 Å². The van der Waals surface area contributed by atoms with Crippen LogP contribution in [0, 0.1) is 15.4 Å². The number of rotatable bonds is 8. The van der Waals surface area contributed by atoms with Crippen LogP contribution in [-0.2, 0) is 11.0 Å². The molecule has 0 amide bonds. The smallest absolute Gasteiger partial charge is 0.416 e. The van der Waals surface area contributed by atoms with E-state index in [9.17, 15) is 23.1 Å². The van der Waals surface area contributed by atoms with Gasteiger partial charge >= 0.3 is 12.1 Å². The predicted octanol–water partition coefficient (Wildman–Crippen LogP) is 7.72. The molecule has 1 heterocycles. The Labute approximate surface area is 207 Å². The Morgan fingerprint density at radius 1 is 1.09 bits per heavy atom. The molecule has 7 heteroatoms. The molecular formula is C26H31F3INO2. The van der Waals surface area contributed by atoms with Gasteiger partial charge in [0.1, 0.15) is 0 Å². The zero-order chi connectivity index (χ0) is 24.2. The van der Waals surface area contributed by atoms with E-state index in [2.05, 4.69) is 65.6 Å². The first kappa shape index (κ1) is 26.0. The van der Waals surface area contributed by atoms with E-state index in [0.29, 0.717) is 5.92 Å². The average Bonchev–Trinajstić information content (AvgIpc) is 2.74. The molecule has 1 aliphatic heterocycles. The molecule has 1 aliphatic rings. The number of carbonyl (C=O) groups is 1. The maximum absolute atomic E-state index is 13.1. The Hall–Kier alpha value is -1.61. The SMILES string of the molecule is CC(C)CCC(c1ccc(C(F)(F)F)cc1)N1CCC(CC(=O)O)CC1c1ccc(I)cc1. The Morgan fingerprint density at radius 3 is 2.27 bits per heavy atom. The van der Waals surface area contributed by atoms with Gasteiger partial charge in [-0.3, -0.25) is 9.69 Å². The van der Waals surface area contributed by atoms with Gasteiger partial charge in [-0.15, -0.1) is 0 Å². The minimum absolute atomic E-state index is 0.0234. The van der Waals surface area contributed by atoms with Crippen LogP contribution in [0.5, 0.6) is 0 Å². The van der Waals surface area contributed by atoms with Crippen LogP contribution in [0.3, 0.4) is 0 Å². The van der Waals surface area contributed by atoms with Gasteiger partial charge in [-0.1, -0.05) is 38.1 Å². The van der Waals surface area contributed by atoms with Gasteiger partial charge in [-0.25, -0.2) is 0 Å². The predicted molar refractivity (Wildman–Crippen MR) is 132 cm³/mol. The normalized spacial score (nSPS) is 20.7.